The quantitative estimate of drug-likeness (QED) is 0.507. The van der Waals surface area contributed by atoms with E-state index < -0.39 is 0 Å². The molecule has 0 amide bonds. The molecular formula is C20H19FN2O2S. The first-order valence-electron chi connectivity index (χ1n) is 8.19. The van der Waals surface area contributed by atoms with Crippen LogP contribution in [0.2, 0.25) is 0 Å². The lowest BCUT2D eigenvalue weighted by Crippen LogP contribution is -2.08. The molecule has 0 saturated heterocycles. The number of carbonyl (C=O) groups is 1. The van der Waals surface area contributed by atoms with E-state index in [9.17, 15) is 14.3 Å². The van der Waals surface area contributed by atoms with Crippen molar-refractivity contribution < 1.29 is 14.3 Å². The van der Waals surface area contributed by atoms with Crippen molar-refractivity contribution in [2.24, 2.45) is 0 Å². The van der Waals surface area contributed by atoms with Crippen LogP contribution in [0.3, 0.4) is 0 Å². The largest absolute Gasteiger partial charge is 0.390 e. The van der Waals surface area contributed by atoms with Gasteiger partial charge in [-0.2, -0.15) is 0 Å². The van der Waals surface area contributed by atoms with Crippen LogP contribution in [-0.4, -0.2) is 26.2 Å². The number of carbonyl (C=O) groups excluding carboxylic acids is 1. The fourth-order valence-corrected chi connectivity index (χ4v) is 3.47. The van der Waals surface area contributed by atoms with Crippen LogP contribution < -0.4 is 0 Å². The van der Waals surface area contributed by atoms with Gasteiger partial charge in [0, 0.05) is 5.56 Å². The SMILES string of the molecule is Cc1ccc(C(=O)CSc2ncc(CO)n2Cc2cccc(F)c2)cc1. The summed E-state index contributed by atoms with van der Waals surface area (Å²) in [4.78, 5) is 16.7. The van der Waals surface area contributed by atoms with Crippen molar-refractivity contribution in [1.82, 2.24) is 9.55 Å². The second kappa shape index (κ2) is 8.29. The lowest BCUT2D eigenvalue weighted by atomic mass is 10.1. The van der Waals surface area contributed by atoms with Gasteiger partial charge < -0.3 is 9.67 Å². The number of imidazole rings is 1. The van der Waals surface area contributed by atoms with Gasteiger partial charge >= 0.3 is 0 Å². The van der Waals surface area contributed by atoms with Crippen molar-refractivity contribution in [1.29, 1.82) is 0 Å². The number of hydrogen-bond acceptors (Lipinski definition) is 4. The van der Waals surface area contributed by atoms with Crippen molar-refractivity contribution in [3.05, 3.63) is 82.9 Å². The summed E-state index contributed by atoms with van der Waals surface area (Å²) in [5.41, 5.74) is 3.16. The van der Waals surface area contributed by atoms with E-state index in [2.05, 4.69) is 4.98 Å². The predicted octanol–water partition coefficient (Wildman–Crippen LogP) is 3.85. The van der Waals surface area contributed by atoms with Crippen LogP contribution in [0.5, 0.6) is 0 Å². The molecule has 0 bridgehead atoms. The van der Waals surface area contributed by atoms with Gasteiger partial charge in [0.2, 0.25) is 0 Å². The molecule has 6 heteroatoms. The van der Waals surface area contributed by atoms with Crippen molar-refractivity contribution in [3.8, 4) is 0 Å². The van der Waals surface area contributed by atoms with E-state index in [1.807, 2.05) is 41.8 Å². The average Bonchev–Trinajstić information content (AvgIpc) is 3.02. The van der Waals surface area contributed by atoms with Crippen LogP contribution in [-0.2, 0) is 13.2 Å². The lowest BCUT2D eigenvalue weighted by Gasteiger charge is -2.11. The van der Waals surface area contributed by atoms with E-state index in [-0.39, 0.29) is 24.0 Å². The molecule has 0 aliphatic carbocycles. The highest BCUT2D eigenvalue weighted by Gasteiger charge is 2.14. The fraction of sp³-hybridized carbons (Fsp3) is 0.200. The highest BCUT2D eigenvalue weighted by atomic mass is 32.2. The Balaban J connectivity index is 1.74. The number of aliphatic hydroxyl groups is 1. The molecule has 1 heterocycles. The molecule has 1 aromatic heterocycles. The number of Topliss-reactive ketones (excluding diaryl/α,β-unsaturated/α-hetero) is 1. The van der Waals surface area contributed by atoms with E-state index in [1.165, 1.54) is 23.9 Å². The molecule has 0 fully saturated rings. The summed E-state index contributed by atoms with van der Waals surface area (Å²) < 4.78 is 15.2. The molecule has 0 saturated carbocycles. The number of aromatic nitrogens is 2. The van der Waals surface area contributed by atoms with Gasteiger partial charge in [0.25, 0.3) is 0 Å². The smallest absolute Gasteiger partial charge is 0.173 e. The second-order valence-electron chi connectivity index (χ2n) is 5.98. The van der Waals surface area contributed by atoms with Crippen LogP contribution in [0.4, 0.5) is 4.39 Å². The van der Waals surface area contributed by atoms with E-state index in [0.717, 1.165) is 11.1 Å². The minimum absolute atomic E-state index is 0.0147. The van der Waals surface area contributed by atoms with Crippen LogP contribution in [0.25, 0.3) is 0 Å². The maximum atomic E-state index is 13.4. The lowest BCUT2D eigenvalue weighted by molar-refractivity contribution is 0.102. The van der Waals surface area contributed by atoms with Crippen LogP contribution in [0.1, 0.15) is 27.2 Å². The Morgan fingerprint density at radius 3 is 2.69 bits per heavy atom. The van der Waals surface area contributed by atoms with Gasteiger partial charge in [0.05, 0.1) is 30.8 Å². The predicted molar refractivity (Wildman–Crippen MR) is 99.9 cm³/mol. The monoisotopic (exact) mass is 370 g/mol. The topological polar surface area (TPSA) is 55.1 Å². The van der Waals surface area contributed by atoms with E-state index >= 15 is 0 Å². The summed E-state index contributed by atoms with van der Waals surface area (Å²) in [5.74, 6) is -0.0496. The Bertz CT molecular complexity index is 906. The summed E-state index contributed by atoms with van der Waals surface area (Å²) >= 11 is 1.31. The maximum Gasteiger partial charge on any atom is 0.173 e. The van der Waals surface area contributed by atoms with Gasteiger partial charge in [0.15, 0.2) is 10.9 Å². The molecule has 0 radical (unpaired) electrons. The number of halogens is 1. The van der Waals surface area contributed by atoms with Crippen LogP contribution >= 0.6 is 11.8 Å². The molecule has 0 spiro atoms. The molecule has 1 N–H and O–H groups in total. The zero-order valence-corrected chi connectivity index (χ0v) is 15.2. The highest BCUT2D eigenvalue weighted by molar-refractivity contribution is 7.99. The molecule has 0 aliphatic rings. The fourth-order valence-electron chi connectivity index (χ4n) is 2.57. The first kappa shape index (κ1) is 18.4. The van der Waals surface area contributed by atoms with Gasteiger partial charge in [-0.3, -0.25) is 4.79 Å². The molecule has 3 aromatic rings. The number of nitrogens with zero attached hydrogens (tertiary/aromatic N) is 2. The standard InChI is InChI=1S/C20H19FN2O2S/c1-14-5-7-16(8-6-14)19(25)13-26-20-22-10-18(12-24)23(20)11-15-3-2-4-17(21)9-15/h2-10,24H,11-13H2,1H3. The number of aliphatic hydroxyl groups excluding tert-OH is 1. The minimum Gasteiger partial charge on any atom is -0.390 e. The molecule has 0 unspecified atom stereocenters. The number of hydrogen-bond donors (Lipinski definition) is 1. The molecule has 0 atom stereocenters. The Morgan fingerprint density at radius 2 is 2.00 bits per heavy atom. The number of aryl methyl sites for hydroxylation is 1. The molecule has 2 aromatic carbocycles. The Morgan fingerprint density at radius 1 is 1.23 bits per heavy atom. The summed E-state index contributed by atoms with van der Waals surface area (Å²) in [6.45, 7) is 2.19. The Labute approximate surface area is 155 Å². The summed E-state index contributed by atoms with van der Waals surface area (Å²) in [6.07, 6.45) is 1.58. The molecule has 3 rings (SSSR count). The summed E-state index contributed by atoms with van der Waals surface area (Å²) in [6, 6.07) is 13.8. The Hall–Kier alpha value is -2.44. The first-order chi connectivity index (χ1) is 12.6. The second-order valence-corrected chi connectivity index (χ2v) is 6.93. The van der Waals surface area contributed by atoms with Gasteiger partial charge in [-0.25, -0.2) is 9.37 Å². The maximum absolute atomic E-state index is 13.4. The van der Waals surface area contributed by atoms with E-state index in [0.29, 0.717) is 23.0 Å². The van der Waals surface area contributed by atoms with Crippen molar-refractivity contribution in [2.45, 2.75) is 25.2 Å². The average molecular weight is 370 g/mol. The Kier molecular flexibility index (Phi) is 5.85. The normalized spacial score (nSPS) is 10.9. The highest BCUT2D eigenvalue weighted by Crippen LogP contribution is 2.22. The van der Waals surface area contributed by atoms with Crippen LogP contribution in [0, 0.1) is 12.7 Å². The summed E-state index contributed by atoms with van der Waals surface area (Å²) in [7, 11) is 0. The molecule has 4 nitrogen and oxygen atoms in total. The number of rotatable bonds is 7. The molecular weight excluding hydrogens is 351 g/mol. The van der Waals surface area contributed by atoms with E-state index in [1.54, 1.807) is 12.3 Å². The third kappa shape index (κ3) is 4.39. The third-order valence-corrected chi connectivity index (χ3v) is 4.99. The number of benzene rings is 2. The van der Waals surface area contributed by atoms with Crippen LogP contribution in [0.15, 0.2) is 59.9 Å². The van der Waals surface area contributed by atoms with Gasteiger partial charge in [-0.1, -0.05) is 53.7 Å². The van der Waals surface area contributed by atoms with Crippen molar-refractivity contribution in [3.63, 3.8) is 0 Å². The van der Waals surface area contributed by atoms with Crippen molar-refractivity contribution >= 4 is 17.5 Å². The minimum atomic E-state index is -0.308. The summed E-state index contributed by atoms with van der Waals surface area (Å²) in [5, 5.41) is 10.2. The van der Waals surface area contributed by atoms with Crippen molar-refractivity contribution in [2.75, 3.05) is 5.75 Å². The zero-order valence-electron chi connectivity index (χ0n) is 14.4. The van der Waals surface area contributed by atoms with E-state index in [4.69, 9.17) is 0 Å². The molecule has 134 valence electrons. The van der Waals surface area contributed by atoms with Gasteiger partial charge in [0.1, 0.15) is 5.82 Å². The molecule has 26 heavy (non-hydrogen) atoms. The number of thioether (sulfide) groups is 1. The van der Waals surface area contributed by atoms with Gasteiger partial charge in [-0.15, -0.1) is 0 Å². The third-order valence-electron chi connectivity index (χ3n) is 4.00. The first-order valence-corrected chi connectivity index (χ1v) is 9.18. The van der Waals surface area contributed by atoms with Gasteiger partial charge in [-0.05, 0) is 24.6 Å². The number of ketones is 1. The zero-order chi connectivity index (χ0) is 18.5. The molecule has 0 aliphatic heterocycles.